The fraction of sp³-hybridized carbons (Fsp3) is 0.533. The molecule has 0 bridgehead atoms. The van der Waals surface area contributed by atoms with E-state index in [2.05, 4.69) is 5.32 Å². The summed E-state index contributed by atoms with van der Waals surface area (Å²) in [5, 5.41) is 13.2. The van der Waals surface area contributed by atoms with Crippen LogP contribution in [0.3, 0.4) is 0 Å². The molecule has 0 unspecified atom stereocenters. The zero-order chi connectivity index (χ0) is 15.2. The van der Waals surface area contributed by atoms with Crippen molar-refractivity contribution >= 4 is 17.6 Å². The summed E-state index contributed by atoms with van der Waals surface area (Å²) in [7, 11) is 1.59. The van der Waals surface area contributed by atoms with Gasteiger partial charge in [-0.3, -0.25) is 4.79 Å². The van der Waals surface area contributed by atoms with Crippen LogP contribution < -0.4 is 10.1 Å². The standard InChI is InChI=1S/C15H22ClNO3/c1-4-15(5-2,14(18)19)10-17-9-11-6-7-12(20-3)8-13(11)16/h6-8,17H,4-5,9-10H2,1-3H3,(H,18,19). The second kappa shape index (κ2) is 7.50. The van der Waals surface area contributed by atoms with Crippen molar-refractivity contribution in [2.24, 2.45) is 5.41 Å². The van der Waals surface area contributed by atoms with Gasteiger partial charge < -0.3 is 15.2 Å². The zero-order valence-electron chi connectivity index (χ0n) is 12.2. The van der Waals surface area contributed by atoms with E-state index in [4.69, 9.17) is 16.3 Å². The van der Waals surface area contributed by atoms with Gasteiger partial charge in [-0.1, -0.05) is 31.5 Å². The van der Waals surface area contributed by atoms with Crippen molar-refractivity contribution in [3.05, 3.63) is 28.8 Å². The third-order valence-corrected chi connectivity index (χ3v) is 4.20. The number of benzene rings is 1. The first kappa shape index (κ1) is 16.8. The van der Waals surface area contributed by atoms with Crippen LogP contribution in [0.2, 0.25) is 5.02 Å². The molecule has 1 aromatic rings. The number of nitrogens with one attached hydrogen (secondary N) is 1. The van der Waals surface area contributed by atoms with Crippen LogP contribution in [0, 0.1) is 5.41 Å². The van der Waals surface area contributed by atoms with E-state index in [1.165, 1.54) is 0 Å². The predicted molar refractivity (Wildman–Crippen MR) is 80.4 cm³/mol. The van der Waals surface area contributed by atoms with Crippen molar-refractivity contribution in [1.82, 2.24) is 5.32 Å². The fourth-order valence-electron chi connectivity index (χ4n) is 2.11. The van der Waals surface area contributed by atoms with Crippen LogP contribution in [0.5, 0.6) is 5.75 Å². The van der Waals surface area contributed by atoms with Crippen LogP contribution in [0.25, 0.3) is 0 Å². The Morgan fingerprint density at radius 3 is 2.50 bits per heavy atom. The molecule has 2 N–H and O–H groups in total. The zero-order valence-corrected chi connectivity index (χ0v) is 13.0. The normalized spacial score (nSPS) is 11.4. The molecule has 0 aliphatic carbocycles. The Morgan fingerprint density at radius 2 is 2.05 bits per heavy atom. The molecule has 0 fully saturated rings. The average Bonchev–Trinajstić information content (AvgIpc) is 2.45. The quantitative estimate of drug-likeness (QED) is 0.773. The minimum Gasteiger partial charge on any atom is -0.497 e. The van der Waals surface area contributed by atoms with Crippen molar-refractivity contribution < 1.29 is 14.6 Å². The molecule has 0 amide bonds. The molecule has 1 rings (SSSR count). The number of hydrogen-bond acceptors (Lipinski definition) is 3. The summed E-state index contributed by atoms with van der Waals surface area (Å²) in [5.41, 5.74) is 0.220. The fourth-order valence-corrected chi connectivity index (χ4v) is 2.35. The third-order valence-electron chi connectivity index (χ3n) is 3.85. The highest BCUT2D eigenvalue weighted by molar-refractivity contribution is 6.31. The monoisotopic (exact) mass is 299 g/mol. The number of ether oxygens (including phenoxy) is 1. The van der Waals surface area contributed by atoms with E-state index in [9.17, 15) is 9.90 Å². The van der Waals surface area contributed by atoms with Crippen molar-refractivity contribution in [3.8, 4) is 5.75 Å². The molecule has 4 nitrogen and oxygen atoms in total. The van der Waals surface area contributed by atoms with Crippen LogP contribution in [0.15, 0.2) is 18.2 Å². The smallest absolute Gasteiger partial charge is 0.310 e. The molecule has 0 atom stereocenters. The summed E-state index contributed by atoms with van der Waals surface area (Å²) >= 11 is 6.15. The van der Waals surface area contributed by atoms with Gasteiger partial charge in [0.2, 0.25) is 0 Å². The number of rotatable bonds is 8. The highest BCUT2D eigenvalue weighted by Gasteiger charge is 2.34. The van der Waals surface area contributed by atoms with Crippen LogP contribution >= 0.6 is 11.6 Å². The lowest BCUT2D eigenvalue weighted by Gasteiger charge is -2.27. The molecule has 0 radical (unpaired) electrons. The van der Waals surface area contributed by atoms with Gasteiger partial charge >= 0.3 is 5.97 Å². The molecule has 5 heteroatoms. The van der Waals surface area contributed by atoms with Gasteiger partial charge in [0.25, 0.3) is 0 Å². The maximum absolute atomic E-state index is 11.4. The molecule has 0 saturated carbocycles. The van der Waals surface area contributed by atoms with Crippen LogP contribution in [-0.2, 0) is 11.3 Å². The number of methoxy groups -OCH3 is 1. The van der Waals surface area contributed by atoms with Crippen LogP contribution in [0.1, 0.15) is 32.3 Å². The molecule has 20 heavy (non-hydrogen) atoms. The van der Waals surface area contributed by atoms with Gasteiger partial charge in [0.1, 0.15) is 5.75 Å². The first-order chi connectivity index (χ1) is 9.49. The second-order valence-electron chi connectivity index (χ2n) is 4.85. The minimum absolute atomic E-state index is 0.428. The van der Waals surface area contributed by atoms with E-state index >= 15 is 0 Å². The lowest BCUT2D eigenvalue weighted by Crippen LogP contribution is -2.40. The summed E-state index contributed by atoms with van der Waals surface area (Å²) in [6.07, 6.45) is 1.20. The predicted octanol–water partition coefficient (Wildman–Crippen LogP) is 3.33. The van der Waals surface area contributed by atoms with Crippen molar-refractivity contribution in [1.29, 1.82) is 0 Å². The maximum atomic E-state index is 11.4. The molecule has 0 aliphatic rings. The first-order valence-corrected chi connectivity index (χ1v) is 7.13. The summed E-state index contributed by atoms with van der Waals surface area (Å²) < 4.78 is 5.09. The van der Waals surface area contributed by atoms with Crippen LogP contribution in [0.4, 0.5) is 0 Å². The van der Waals surface area contributed by atoms with Crippen molar-refractivity contribution in [2.45, 2.75) is 33.2 Å². The lowest BCUT2D eigenvalue weighted by atomic mass is 9.82. The molecule has 0 heterocycles. The summed E-state index contributed by atoms with van der Waals surface area (Å²) in [6.45, 7) is 4.77. The molecule has 112 valence electrons. The van der Waals surface area contributed by atoms with Gasteiger partial charge in [-0.2, -0.15) is 0 Å². The maximum Gasteiger partial charge on any atom is 0.310 e. The number of carbonyl (C=O) groups is 1. The molecular weight excluding hydrogens is 278 g/mol. The van der Waals surface area contributed by atoms with Gasteiger partial charge in [-0.15, -0.1) is 0 Å². The van der Waals surface area contributed by atoms with E-state index in [0.717, 1.165) is 5.56 Å². The second-order valence-corrected chi connectivity index (χ2v) is 5.26. The van der Waals surface area contributed by atoms with E-state index in [0.29, 0.717) is 36.7 Å². The molecule has 0 spiro atoms. The van der Waals surface area contributed by atoms with E-state index in [1.54, 1.807) is 13.2 Å². The van der Waals surface area contributed by atoms with Gasteiger partial charge in [-0.25, -0.2) is 0 Å². The topological polar surface area (TPSA) is 58.6 Å². The molecule has 1 aromatic carbocycles. The average molecular weight is 300 g/mol. The number of aliphatic carboxylic acids is 1. The summed E-state index contributed by atoms with van der Waals surface area (Å²) in [6, 6.07) is 5.48. The van der Waals surface area contributed by atoms with E-state index < -0.39 is 11.4 Å². The largest absolute Gasteiger partial charge is 0.497 e. The van der Waals surface area contributed by atoms with E-state index in [1.807, 2.05) is 26.0 Å². The van der Waals surface area contributed by atoms with E-state index in [-0.39, 0.29) is 0 Å². The third kappa shape index (κ3) is 3.87. The van der Waals surface area contributed by atoms with Crippen molar-refractivity contribution in [3.63, 3.8) is 0 Å². The Hall–Kier alpha value is -1.26. The van der Waals surface area contributed by atoms with Gasteiger partial charge in [-0.05, 0) is 30.5 Å². The Bertz CT molecular complexity index is 458. The SMILES string of the molecule is CCC(CC)(CNCc1ccc(OC)cc1Cl)C(=O)O. The Morgan fingerprint density at radius 1 is 1.40 bits per heavy atom. The van der Waals surface area contributed by atoms with Crippen molar-refractivity contribution in [2.75, 3.05) is 13.7 Å². The first-order valence-electron chi connectivity index (χ1n) is 6.75. The van der Waals surface area contributed by atoms with Gasteiger partial charge in [0, 0.05) is 18.1 Å². The number of halogens is 1. The van der Waals surface area contributed by atoms with Crippen LogP contribution in [-0.4, -0.2) is 24.7 Å². The Kier molecular flexibility index (Phi) is 6.30. The Balaban J connectivity index is 2.66. The molecule has 0 aliphatic heterocycles. The minimum atomic E-state index is -0.754. The highest BCUT2D eigenvalue weighted by Crippen LogP contribution is 2.26. The summed E-state index contributed by atoms with van der Waals surface area (Å²) in [5.74, 6) is -0.0448. The van der Waals surface area contributed by atoms with Gasteiger partial charge in [0.05, 0.1) is 12.5 Å². The lowest BCUT2D eigenvalue weighted by molar-refractivity contribution is -0.149. The summed E-state index contributed by atoms with van der Waals surface area (Å²) in [4.78, 5) is 11.4. The van der Waals surface area contributed by atoms with Gasteiger partial charge in [0.15, 0.2) is 0 Å². The number of hydrogen-bond donors (Lipinski definition) is 2. The number of carboxylic acid groups (broad SMARTS) is 1. The molecule has 0 saturated heterocycles. The number of carboxylic acids is 1. The molecular formula is C15H22ClNO3. The highest BCUT2D eigenvalue weighted by atomic mass is 35.5. The Labute approximate surface area is 125 Å². The molecule has 0 aromatic heterocycles.